The molecule has 0 rings (SSSR count). The molecule has 0 aromatic heterocycles. The normalized spacial score (nSPS) is 12.2. The molecule has 0 saturated carbocycles. The first-order chi connectivity index (χ1) is 36.1. The molecule has 0 aliphatic carbocycles. The highest BCUT2D eigenvalue weighted by atomic mass is 14.0. The fraction of sp³-hybridized carbons (Fsp3) is 0.662. The number of allylic oxidation sites excluding steroid dienone is 26. The molecule has 0 aliphatic heterocycles. The second-order valence-electron chi connectivity index (χ2n) is 23.6. The first-order valence-electron chi connectivity index (χ1n) is 31.7. The molecule has 0 heteroatoms. The predicted octanol–water partition coefficient (Wildman–Crippen LogP) is 27.8. The van der Waals surface area contributed by atoms with Gasteiger partial charge in [0, 0.05) is 0 Å². The van der Waals surface area contributed by atoms with Crippen LogP contribution in [0.15, 0.2) is 157 Å². The Kier molecular flexibility index (Phi) is 98.4. The van der Waals surface area contributed by atoms with Gasteiger partial charge in [0.1, 0.15) is 0 Å². The van der Waals surface area contributed by atoms with E-state index < -0.39 is 0 Å². The van der Waals surface area contributed by atoms with E-state index in [0.717, 1.165) is 42.4 Å². The minimum Gasteiger partial charge on any atom is -0.0886 e. The van der Waals surface area contributed by atoms with Gasteiger partial charge in [-0.05, 0) is 124 Å². The van der Waals surface area contributed by atoms with Crippen LogP contribution in [0.2, 0.25) is 0 Å². The molecule has 0 radical (unpaired) electrons. The van der Waals surface area contributed by atoms with Gasteiger partial charge in [0.15, 0.2) is 0 Å². The van der Waals surface area contributed by atoms with Crippen LogP contribution < -0.4 is 0 Å². The highest BCUT2D eigenvalue weighted by Crippen LogP contribution is 2.09. The van der Waals surface area contributed by atoms with Crippen LogP contribution in [0.5, 0.6) is 0 Å². The summed E-state index contributed by atoms with van der Waals surface area (Å²) >= 11 is 0. The molecular weight excluding hydrogens is 925 g/mol. The summed E-state index contributed by atoms with van der Waals surface area (Å²) in [7, 11) is 0. The molecule has 0 unspecified atom stereocenters. The van der Waals surface area contributed by atoms with Gasteiger partial charge < -0.3 is 0 Å². The summed E-state index contributed by atoms with van der Waals surface area (Å²) in [6, 6.07) is 0. The minimum absolute atomic E-state index is 0.648. The molecule has 77 heavy (non-hydrogen) atoms. The first-order valence-corrected chi connectivity index (χ1v) is 31.7. The van der Waals surface area contributed by atoms with Gasteiger partial charge in [-0.15, -0.1) is 0 Å². The van der Waals surface area contributed by atoms with Crippen molar-refractivity contribution in [3.63, 3.8) is 0 Å². The molecule has 0 atom stereocenters. The molecule has 0 heterocycles. The summed E-state index contributed by atoms with van der Waals surface area (Å²) < 4.78 is 0. The highest BCUT2D eigenvalue weighted by Gasteiger charge is 1.93. The fourth-order valence-corrected chi connectivity index (χ4v) is 4.73. The summed E-state index contributed by atoms with van der Waals surface area (Å²) in [5, 5.41) is 0. The molecule has 0 N–H and O–H groups in total. The smallest absolute Gasteiger partial charge is 0.0263 e. The van der Waals surface area contributed by atoms with E-state index >= 15 is 0 Å². The SMILES string of the molecule is C/C=C/C=C/C(C)C.C/C=C/C=C/C=C/C(C)C.CC(C)/C=C/C(C)C.CC(C)/C=C/CC(C)C.CC/C=C/C(C)C.CC/C=C/C=C/C(C)C.CCC/C=C(\C)C(C)C.CCC/C=C/C(C)C.CCCC/C=C/C(C)C. The van der Waals surface area contributed by atoms with E-state index in [1.807, 2.05) is 50.3 Å². The van der Waals surface area contributed by atoms with Crippen molar-refractivity contribution in [3.05, 3.63) is 157 Å². The van der Waals surface area contributed by atoms with Crippen LogP contribution in [0.3, 0.4) is 0 Å². The fourth-order valence-electron chi connectivity index (χ4n) is 4.73. The summed E-state index contributed by atoms with van der Waals surface area (Å²) in [5.41, 5.74) is 1.52. The van der Waals surface area contributed by atoms with Gasteiger partial charge in [-0.2, -0.15) is 0 Å². The zero-order valence-corrected chi connectivity index (χ0v) is 58.4. The molecule has 0 nitrogen and oxygen atoms in total. The Balaban J connectivity index is -0.0000000967. The van der Waals surface area contributed by atoms with Crippen LogP contribution in [0.1, 0.15) is 272 Å². The lowest BCUT2D eigenvalue weighted by molar-refractivity contribution is 0.659. The van der Waals surface area contributed by atoms with E-state index in [0.29, 0.717) is 35.5 Å². The third-order valence-electron chi connectivity index (χ3n) is 9.45. The number of hydrogen-bond acceptors (Lipinski definition) is 0. The van der Waals surface area contributed by atoms with Crippen molar-refractivity contribution >= 4 is 0 Å². The van der Waals surface area contributed by atoms with Crippen LogP contribution >= 0.6 is 0 Å². The van der Waals surface area contributed by atoms with Crippen molar-refractivity contribution in [2.45, 2.75) is 272 Å². The molecule has 0 amide bonds. The Bertz CT molecular complexity index is 1420. The summed E-state index contributed by atoms with van der Waals surface area (Å²) in [6.07, 6.45) is 66.5. The molecule has 454 valence electrons. The first kappa shape index (κ1) is 93.0. The Hall–Kier alpha value is -3.38. The Morgan fingerprint density at radius 3 is 0.935 bits per heavy atom. The molecule has 0 bridgehead atoms. The zero-order chi connectivity index (χ0) is 61.7. The molecule has 0 aromatic carbocycles. The van der Waals surface area contributed by atoms with E-state index in [4.69, 9.17) is 0 Å². The van der Waals surface area contributed by atoms with E-state index in [-0.39, 0.29) is 0 Å². The van der Waals surface area contributed by atoms with Gasteiger partial charge in [-0.3, -0.25) is 0 Å². The number of rotatable bonds is 25. The van der Waals surface area contributed by atoms with Crippen LogP contribution in [-0.2, 0) is 0 Å². The van der Waals surface area contributed by atoms with Crippen molar-refractivity contribution in [2.75, 3.05) is 0 Å². The summed E-state index contributed by atoms with van der Waals surface area (Å²) in [5.74, 6) is 7.83. The maximum Gasteiger partial charge on any atom is -0.0263 e. The Morgan fingerprint density at radius 1 is 0.299 bits per heavy atom. The van der Waals surface area contributed by atoms with Crippen molar-refractivity contribution in [3.8, 4) is 0 Å². The highest BCUT2D eigenvalue weighted by molar-refractivity contribution is 5.11. The van der Waals surface area contributed by atoms with E-state index in [1.54, 1.807) is 0 Å². The van der Waals surface area contributed by atoms with Crippen LogP contribution in [-0.4, -0.2) is 0 Å². The lowest BCUT2D eigenvalue weighted by Crippen LogP contribution is -1.87. The average Bonchev–Trinajstić information content (AvgIpc) is 3.33. The lowest BCUT2D eigenvalue weighted by Gasteiger charge is -2.02. The monoisotopic (exact) mass is 1070 g/mol. The summed E-state index contributed by atoms with van der Waals surface area (Å²) in [4.78, 5) is 0. The standard InChI is InChI=1S/C10H16.3C9H18.C9H16.2C8H16.C8H14.C7H14/c1-4-5-6-7-8-9-10(2)3;1-8(2)6-5-7-9(3)4;1-5-6-7-9(4)8(2)3;2*1-4-5-6-7-8-9(2)3;1-7(2)5-6-8(3)4;2*1-4-5-6-7-8(2)3;1-4-5-6-7(2)3/h4-10H,1-3H3;5-6,8-9H,7H2,1-4H3;7-8H,5-6H2,1-4H3;7-9H,4-6H2,1-3H3;5-9H,4H2,1-3H3;5-8H,1-4H3;6-8H,4-5H2,1-3H3;4-8H,1-3H3;5-7H,4H2,1-3H3/b5-4+,7-6+,9-8+;6-5+;9-7+;8-7+;6-5+,8-7+;6-5+;7-6+;5-4+,7-6+;6-5+. The molecule has 0 fully saturated rings. The zero-order valence-electron chi connectivity index (χ0n) is 58.4. The quantitative estimate of drug-likeness (QED) is 0.0486. The van der Waals surface area contributed by atoms with E-state index in [2.05, 4.69) is 309 Å². The van der Waals surface area contributed by atoms with Crippen molar-refractivity contribution in [2.24, 2.45) is 65.1 Å². The molecule has 0 saturated heterocycles. The van der Waals surface area contributed by atoms with Gasteiger partial charge in [0.05, 0.1) is 0 Å². The lowest BCUT2D eigenvalue weighted by atomic mass is 10.0. The third-order valence-corrected chi connectivity index (χ3v) is 9.45. The third kappa shape index (κ3) is 153. The molecule has 0 aliphatic rings. The number of hydrogen-bond donors (Lipinski definition) is 0. The molecular formula is C77H146. The van der Waals surface area contributed by atoms with E-state index in [9.17, 15) is 0 Å². The van der Waals surface area contributed by atoms with E-state index in [1.165, 1.54) is 56.9 Å². The predicted molar refractivity (Wildman–Crippen MR) is 373 cm³/mol. The van der Waals surface area contributed by atoms with Crippen molar-refractivity contribution < 1.29 is 0 Å². The van der Waals surface area contributed by atoms with Crippen LogP contribution in [0.4, 0.5) is 0 Å². The van der Waals surface area contributed by atoms with Gasteiger partial charge in [0.2, 0.25) is 0 Å². The summed E-state index contributed by atoms with van der Waals surface area (Å²) in [6.45, 7) is 65.5. The minimum atomic E-state index is 0.648. The Labute approximate surface area is 492 Å². The second kappa shape index (κ2) is 81.5. The van der Waals surface area contributed by atoms with Gasteiger partial charge in [-0.25, -0.2) is 0 Å². The molecule has 0 aromatic rings. The maximum atomic E-state index is 2.34. The van der Waals surface area contributed by atoms with Gasteiger partial charge in [-0.1, -0.05) is 370 Å². The second-order valence-corrected chi connectivity index (χ2v) is 23.6. The number of unbranched alkanes of at least 4 members (excludes halogenated alkanes) is 4. The van der Waals surface area contributed by atoms with Gasteiger partial charge in [0.25, 0.3) is 0 Å². The van der Waals surface area contributed by atoms with Crippen molar-refractivity contribution in [1.82, 2.24) is 0 Å². The van der Waals surface area contributed by atoms with Crippen molar-refractivity contribution in [1.29, 1.82) is 0 Å². The maximum absolute atomic E-state index is 2.34. The largest absolute Gasteiger partial charge is 0.0886 e. The van der Waals surface area contributed by atoms with Gasteiger partial charge >= 0.3 is 0 Å². The topological polar surface area (TPSA) is 0 Å². The Morgan fingerprint density at radius 2 is 0.623 bits per heavy atom. The van der Waals surface area contributed by atoms with Crippen LogP contribution in [0, 0.1) is 65.1 Å². The average molecular weight is 1070 g/mol. The van der Waals surface area contributed by atoms with Crippen LogP contribution in [0.25, 0.3) is 0 Å². The molecule has 0 spiro atoms.